The normalized spacial score (nSPS) is 15.6. The Bertz CT molecular complexity index is 956. The number of nitrogens with zero attached hydrogens (tertiary/aromatic N) is 1. The van der Waals surface area contributed by atoms with Crippen molar-refractivity contribution in [2.24, 2.45) is 0 Å². The first-order valence-corrected chi connectivity index (χ1v) is 10.6. The summed E-state index contributed by atoms with van der Waals surface area (Å²) >= 11 is 0. The molecule has 8 heteroatoms. The van der Waals surface area contributed by atoms with E-state index in [2.05, 4.69) is 5.32 Å². The predicted octanol–water partition coefficient (Wildman–Crippen LogP) is 4.17. The van der Waals surface area contributed by atoms with Crippen molar-refractivity contribution in [2.45, 2.75) is 43.0 Å². The zero-order chi connectivity index (χ0) is 20.3. The first kappa shape index (κ1) is 20.4. The van der Waals surface area contributed by atoms with Crippen LogP contribution < -0.4 is 5.32 Å². The maximum Gasteiger partial charge on any atom is 0.255 e. The van der Waals surface area contributed by atoms with Crippen LogP contribution in [-0.2, 0) is 10.0 Å². The standard InChI is InChI=1S/C20H22F2N2O3S/c1-24(15-6-3-2-4-7-15)28(26,27)16-12-10-14(11-13-16)20(25)23-18-9-5-8-17(21)19(18)22/h5,8-13,15H,2-4,6-7H2,1H3,(H,23,25). The monoisotopic (exact) mass is 408 g/mol. The predicted molar refractivity (Wildman–Crippen MR) is 103 cm³/mol. The number of amides is 1. The van der Waals surface area contributed by atoms with Crippen LogP contribution in [0.2, 0.25) is 0 Å². The van der Waals surface area contributed by atoms with Crippen LogP contribution in [0.15, 0.2) is 47.4 Å². The Morgan fingerprint density at radius 1 is 1.04 bits per heavy atom. The van der Waals surface area contributed by atoms with Crippen molar-refractivity contribution in [1.29, 1.82) is 0 Å². The molecule has 1 fully saturated rings. The molecule has 0 aromatic heterocycles. The minimum Gasteiger partial charge on any atom is -0.319 e. The minimum absolute atomic E-state index is 0.0160. The summed E-state index contributed by atoms with van der Waals surface area (Å²) < 4.78 is 54.0. The van der Waals surface area contributed by atoms with Gasteiger partial charge in [-0.2, -0.15) is 4.31 Å². The van der Waals surface area contributed by atoms with Gasteiger partial charge in [-0.05, 0) is 49.2 Å². The highest BCUT2D eigenvalue weighted by molar-refractivity contribution is 7.89. The van der Waals surface area contributed by atoms with E-state index in [9.17, 15) is 22.0 Å². The third-order valence-electron chi connectivity index (χ3n) is 5.08. The molecule has 1 amide bonds. The molecule has 1 aliphatic rings. The number of benzene rings is 2. The number of anilines is 1. The molecule has 3 rings (SSSR count). The molecule has 1 aliphatic carbocycles. The summed E-state index contributed by atoms with van der Waals surface area (Å²) in [6, 6.07) is 8.88. The van der Waals surface area contributed by atoms with E-state index in [0.717, 1.165) is 38.2 Å². The molecule has 2 aromatic carbocycles. The van der Waals surface area contributed by atoms with Gasteiger partial charge in [-0.1, -0.05) is 25.3 Å². The van der Waals surface area contributed by atoms with Gasteiger partial charge in [0.2, 0.25) is 10.0 Å². The molecule has 0 heterocycles. The second-order valence-electron chi connectivity index (χ2n) is 6.89. The molecular weight excluding hydrogens is 386 g/mol. The van der Waals surface area contributed by atoms with Gasteiger partial charge in [0.15, 0.2) is 11.6 Å². The van der Waals surface area contributed by atoms with E-state index in [1.807, 2.05) is 0 Å². The number of carbonyl (C=O) groups is 1. The molecule has 150 valence electrons. The second-order valence-corrected chi connectivity index (χ2v) is 8.89. The van der Waals surface area contributed by atoms with Gasteiger partial charge in [-0.15, -0.1) is 0 Å². The molecule has 1 N–H and O–H groups in total. The summed E-state index contributed by atoms with van der Waals surface area (Å²) in [7, 11) is -2.08. The quantitative estimate of drug-likeness (QED) is 0.808. The Balaban J connectivity index is 1.75. The van der Waals surface area contributed by atoms with Crippen molar-refractivity contribution >= 4 is 21.6 Å². The lowest BCUT2D eigenvalue weighted by molar-refractivity contribution is 0.102. The molecule has 28 heavy (non-hydrogen) atoms. The highest BCUT2D eigenvalue weighted by atomic mass is 32.2. The largest absolute Gasteiger partial charge is 0.319 e. The second kappa shape index (κ2) is 8.36. The summed E-state index contributed by atoms with van der Waals surface area (Å²) in [6.07, 6.45) is 4.84. The van der Waals surface area contributed by atoms with Gasteiger partial charge in [-0.3, -0.25) is 4.79 Å². The summed E-state index contributed by atoms with van der Waals surface area (Å²) in [5.74, 6) is -2.87. The van der Waals surface area contributed by atoms with Gasteiger partial charge >= 0.3 is 0 Å². The van der Waals surface area contributed by atoms with Crippen LogP contribution in [-0.4, -0.2) is 31.7 Å². The summed E-state index contributed by atoms with van der Waals surface area (Å²) in [5, 5.41) is 2.29. The van der Waals surface area contributed by atoms with Crippen LogP contribution in [0.5, 0.6) is 0 Å². The highest BCUT2D eigenvalue weighted by Gasteiger charge is 2.29. The minimum atomic E-state index is -3.66. The maximum atomic E-state index is 13.7. The number of halogens is 2. The van der Waals surface area contributed by atoms with Crippen LogP contribution in [0.4, 0.5) is 14.5 Å². The Labute approximate surface area is 163 Å². The average molecular weight is 408 g/mol. The van der Waals surface area contributed by atoms with Crippen molar-refractivity contribution in [2.75, 3.05) is 12.4 Å². The molecule has 0 bridgehead atoms. The first-order chi connectivity index (χ1) is 13.3. The molecule has 1 saturated carbocycles. The molecule has 0 spiro atoms. The smallest absolute Gasteiger partial charge is 0.255 e. The van der Waals surface area contributed by atoms with Crippen LogP contribution >= 0.6 is 0 Å². The SMILES string of the molecule is CN(C1CCCCC1)S(=O)(=O)c1ccc(C(=O)Nc2cccc(F)c2F)cc1. The van der Waals surface area contributed by atoms with Gasteiger partial charge in [0.05, 0.1) is 10.6 Å². The summed E-state index contributed by atoms with van der Waals surface area (Å²) in [5.41, 5.74) is -0.137. The first-order valence-electron chi connectivity index (χ1n) is 9.14. The van der Waals surface area contributed by atoms with Crippen molar-refractivity contribution in [3.05, 3.63) is 59.7 Å². The number of sulfonamides is 1. The highest BCUT2D eigenvalue weighted by Crippen LogP contribution is 2.26. The summed E-state index contributed by atoms with van der Waals surface area (Å²) in [4.78, 5) is 12.4. The average Bonchev–Trinajstić information content (AvgIpc) is 2.71. The topological polar surface area (TPSA) is 66.5 Å². The molecule has 2 aromatic rings. The lowest BCUT2D eigenvalue weighted by Gasteiger charge is -2.30. The van der Waals surface area contributed by atoms with Gasteiger partial charge in [0, 0.05) is 18.7 Å². The Kier molecular flexibility index (Phi) is 6.10. The van der Waals surface area contributed by atoms with E-state index >= 15 is 0 Å². The third kappa shape index (κ3) is 4.23. The molecule has 0 radical (unpaired) electrons. The van der Waals surface area contributed by atoms with E-state index in [0.29, 0.717) is 0 Å². The van der Waals surface area contributed by atoms with Gasteiger partial charge in [-0.25, -0.2) is 17.2 Å². The zero-order valence-corrected chi connectivity index (χ0v) is 16.3. The Morgan fingerprint density at radius 3 is 2.32 bits per heavy atom. The van der Waals surface area contributed by atoms with E-state index in [-0.39, 0.29) is 22.2 Å². The Morgan fingerprint density at radius 2 is 1.68 bits per heavy atom. The molecule has 0 aliphatic heterocycles. The van der Waals surface area contributed by atoms with Crippen LogP contribution in [0.25, 0.3) is 0 Å². The fourth-order valence-electron chi connectivity index (χ4n) is 3.38. The molecular formula is C20H22F2N2O3S. The summed E-state index contributed by atoms with van der Waals surface area (Å²) in [6.45, 7) is 0. The van der Waals surface area contributed by atoms with E-state index < -0.39 is 27.6 Å². The van der Waals surface area contributed by atoms with Gasteiger partial charge < -0.3 is 5.32 Å². The molecule has 5 nitrogen and oxygen atoms in total. The molecule has 0 saturated heterocycles. The van der Waals surface area contributed by atoms with E-state index in [1.165, 1.54) is 40.7 Å². The van der Waals surface area contributed by atoms with Crippen molar-refractivity contribution in [1.82, 2.24) is 4.31 Å². The number of nitrogens with one attached hydrogen (secondary N) is 1. The molecule has 0 atom stereocenters. The number of rotatable bonds is 5. The van der Waals surface area contributed by atoms with Crippen molar-refractivity contribution in [3.63, 3.8) is 0 Å². The van der Waals surface area contributed by atoms with Gasteiger partial charge in [0.1, 0.15) is 0 Å². The number of carbonyl (C=O) groups excluding carboxylic acids is 1. The van der Waals surface area contributed by atoms with Crippen LogP contribution in [0, 0.1) is 11.6 Å². The van der Waals surface area contributed by atoms with Crippen molar-refractivity contribution < 1.29 is 22.0 Å². The maximum absolute atomic E-state index is 13.7. The Hall–Kier alpha value is -2.32. The van der Waals surface area contributed by atoms with E-state index in [4.69, 9.17) is 0 Å². The third-order valence-corrected chi connectivity index (χ3v) is 7.01. The lowest BCUT2D eigenvalue weighted by atomic mass is 9.96. The van der Waals surface area contributed by atoms with Crippen molar-refractivity contribution in [3.8, 4) is 0 Å². The molecule has 0 unspecified atom stereocenters. The van der Waals surface area contributed by atoms with Crippen LogP contribution in [0.1, 0.15) is 42.5 Å². The lowest BCUT2D eigenvalue weighted by Crippen LogP contribution is -2.38. The fourth-order valence-corrected chi connectivity index (χ4v) is 4.80. The fraction of sp³-hybridized carbons (Fsp3) is 0.350. The number of hydrogen-bond acceptors (Lipinski definition) is 3. The van der Waals surface area contributed by atoms with Gasteiger partial charge in [0.25, 0.3) is 5.91 Å². The van der Waals surface area contributed by atoms with E-state index in [1.54, 1.807) is 7.05 Å². The zero-order valence-electron chi connectivity index (χ0n) is 15.5. The van der Waals surface area contributed by atoms with Crippen LogP contribution in [0.3, 0.4) is 0 Å². The number of hydrogen-bond donors (Lipinski definition) is 1.